The second kappa shape index (κ2) is 6.37. The van der Waals surface area contributed by atoms with Crippen LogP contribution in [0.1, 0.15) is 43.0 Å². The van der Waals surface area contributed by atoms with Gasteiger partial charge in [0, 0.05) is 23.8 Å². The largest absolute Gasteiger partial charge is 0.372 e. The van der Waals surface area contributed by atoms with Crippen LogP contribution in [0.3, 0.4) is 0 Å². The van der Waals surface area contributed by atoms with Gasteiger partial charge in [0.1, 0.15) is 5.82 Å². The lowest BCUT2D eigenvalue weighted by Gasteiger charge is -2.27. The van der Waals surface area contributed by atoms with Gasteiger partial charge >= 0.3 is 0 Å². The molecule has 19 heavy (non-hydrogen) atoms. The first-order valence-electron chi connectivity index (χ1n) is 6.74. The van der Waals surface area contributed by atoms with E-state index < -0.39 is 0 Å². The van der Waals surface area contributed by atoms with E-state index in [1.165, 1.54) is 12.8 Å². The van der Waals surface area contributed by atoms with E-state index in [0.717, 1.165) is 23.2 Å². The Kier molecular flexibility index (Phi) is 4.80. The van der Waals surface area contributed by atoms with E-state index in [9.17, 15) is 4.79 Å². The molecule has 0 bridgehead atoms. The van der Waals surface area contributed by atoms with Gasteiger partial charge in [0.05, 0.1) is 5.56 Å². The van der Waals surface area contributed by atoms with Crippen molar-refractivity contribution in [1.82, 2.24) is 10.3 Å². The minimum Gasteiger partial charge on any atom is -0.372 e. The predicted molar refractivity (Wildman–Crippen MR) is 80.4 cm³/mol. The fourth-order valence-electron chi connectivity index (χ4n) is 2.48. The van der Waals surface area contributed by atoms with Crippen LogP contribution in [0.15, 0.2) is 16.7 Å². The molecule has 0 atom stereocenters. The monoisotopic (exact) mass is 325 g/mol. The van der Waals surface area contributed by atoms with Crippen molar-refractivity contribution in [3.8, 4) is 0 Å². The van der Waals surface area contributed by atoms with Crippen molar-refractivity contribution in [2.75, 3.05) is 12.4 Å². The summed E-state index contributed by atoms with van der Waals surface area (Å²) in [5.41, 5.74) is 0.593. The summed E-state index contributed by atoms with van der Waals surface area (Å²) in [6.45, 7) is 2.27. The number of pyridine rings is 1. The van der Waals surface area contributed by atoms with Crippen molar-refractivity contribution in [2.45, 2.75) is 38.6 Å². The molecule has 1 aliphatic carbocycles. The number of rotatable bonds is 3. The van der Waals surface area contributed by atoms with Crippen molar-refractivity contribution >= 4 is 27.7 Å². The number of nitrogens with zero attached hydrogens (tertiary/aromatic N) is 1. The van der Waals surface area contributed by atoms with Crippen LogP contribution < -0.4 is 10.6 Å². The van der Waals surface area contributed by atoms with Gasteiger partial charge in [-0.15, -0.1) is 0 Å². The highest BCUT2D eigenvalue weighted by molar-refractivity contribution is 9.10. The molecule has 0 spiro atoms. The molecule has 0 aliphatic heterocycles. The zero-order valence-corrected chi connectivity index (χ0v) is 13.0. The third kappa shape index (κ3) is 3.69. The number of carbonyl (C=O) groups excluding carboxylic acids is 1. The van der Waals surface area contributed by atoms with E-state index in [4.69, 9.17) is 0 Å². The number of anilines is 1. The Balaban J connectivity index is 2.05. The average molecular weight is 326 g/mol. The van der Waals surface area contributed by atoms with Gasteiger partial charge in [0.25, 0.3) is 5.91 Å². The number of hydrogen-bond donors (Lipinski definition) is 2. The molecule has 4 nitrogen and oxygen atoms in total. The van der Waals surface area contributed by atoms with Gasteiger partial charge in [-0.3, -0.25) is 4.79 Å². The van der Waals surface area contributed by atoms with E-state index in [2.05, 4.69) is 38.5 Å². The summed E-state index contributed by atoms with van der Waals surface area (Å²) in [4.78, 5) is 16.5. The molecule has 2 N–H and O–H groups in total. The molecular formula is C14H20BrN3O. The van der Waals surface area contributed by atoms with Gasteiger partial charge in [-0.2, -0.15) is 0 Å². The zero-order valence-electron chi connectivity index (χ0n) is 11.4. The van der Waals surface area contributed by atoms with Crippen molar-refractivity contribution < 1.29 is 4.79 Å². The Morgan fingerprint density at radius 3 is 2.68 bits per heavy atom. The van der Waals surface area contributed by atoms with Crippen LogP contribution in [0.5, 0.6) is 0 Å². The third-order valence-corrected chi connectivity index (χ3v) is 4.12. The lowest BCUT2D eigenvalue weighted by molar-refractivity contribution is 0.0923. The van der Waals surface area contributed by atoms with Gasteiger partial charge < -0.3 is 10.6 Å². The Morgan fingerprint density at radius 1 is 1.37 bits per heavy atom. The van der Waals surface area contributed by atoms with Crippen LogP contribution >= 0.6 is 15.9 Å². The van der Waals surface area contributed by atoms with Crippen molar-refractivity contribution in [3.05, 3.63) is 22.3 Å². The van der Waals surface area contributed by atoms with Gasteiger partial charge in [-0.05, 0) is 53.6 Å². The van der Waals surface area contributed by atoms with Crippen LogP contribution in [0.25, 0.3) is 0 Å². The number of halogens is 1. The summed E-state index contributed by atoms with van der Waals surface area (Å²) >= 11 is 3.36. The Bertz CT molecular complexity index is 456. The molecule has 0 saturated heterocycles. The summed E-state index contributed by atoms with van der Waals surface area (Å²) in [6.07, 6.45) is 6.22. The van der Waals surface area contributed by atoms with E-state index in [1.54, 1.807) is 19.3 Å². The van der Waals surface area contributed by atoms with Gasteiger partial charge in [0.2, 0.25) is 0 Å². The third-order valence-electron chi connectivity index (χ3n) is 3.69. The summed E-state index contributed by atoms with van der Waals surface area (Å²) in [5, 5.41) is 6.07. The molecule has 0 radical (unpaired) electrons. The Morgan fingerprint density at radius 2 is 2.05 bits per heavy atom. The standard InChI is InChI=1S/C14H20BrN3O/c1-9-3-5-11(6-4-9)18-14(19)12-7-10(15)8-17-13(12)16-2/h7-9,11H,3-6H2,1-2H3,(H,16,17)(H,18,19). The van der Waals surface area contributed by atoms with Crippen molar-refractivity contribution in [2.24, 2.45) is 5.92 Å². The lowest BCUT2D eigenvalue weighted by atomic mass is 9.87. The average Bonchev–Trinajstić information content (AvgIpc) is 2.41. The molecule has 1 heterocycles. The maximum Gasteiger partial charge on any atom is 0.255 e. The molecule has 1 aromatic rings. The number of amides is 1. The van der Waals surface area contributed by atoms with Gasteiger partial charge in [-0.25, -0.2) is 4.98 Å². The quantitative estimate of drug-likeness (QED) is 0.897. The van der Waals surface area contributed by atoms with E-state index in [0.29, 0.717) is 17.4 Å². The van der Waals surface area contributed by atoms with Crippen molar-refractivity contribution in [3.63, 3.8) is 0 Å². The maximum absolute atomic E-state index is 12.3. The molecule has 5 heteroatoms. The van der Waals surface area contributed by atoms with Crippen LogP contribution in [0.2, 0.25) is 0 Å². The molecule has 1 aliphatic rings. The highest BCUT2D eigenvalue weighted by Gasteiger charge is 2.21. The van der Waals surface area contributed by atoms with Gasteiger partial charge in [0.15, 0.2) is 0 Å². The summed E-state index contributed by atoms with van der Waals surface area (Å²) in [6, 6.07) is 2.10. The smallest absolute Gasteiger partial charge is 0.255 e. The zero-order chi connectivity index (χ0) is 13.8. The topological polar surface area (TPSA) is 54.0 Å². The molecule has 104 valence electrons. The fourth-order valence-corrected chi connectivity index (χ4v) is 2.81. The first kappa shape index (κ1) is 14.3. The van der Waals surface area contributed by atoms with Crippen LogP contribution in [0.4, 0.5) is 5.82 Å². The van der Waals surface area contributed by atoms with Crippen LogP contribution in [0, 0.1) is 5.92 Å². The first-order valence-corrected chi connectivity index (χ1v) is 7.53. The molecular weight excluding hydrogens is 306 g/mol. The number of hydrogen-bond acceptors (Lipinski definition) is 3. The van der Waals surface area contributed by atoms with E-state index in [1.807, 2.05) is 0 Å². The second-order valence-electron chi connectivity index (χ2n) is 5.23. The minimum absolute atomic E-state index is 0.0438. The fraction of sp³-hybridized carbons (Fsp3) is 0.571. The summed E-state index contributed by atoms with van der Waals surface area (Å²) in [7, 11) is 1.77. The first-order chi connectivity index (χ1) is 9.10. The van der Waals surface area contributed by atoms with E-state index >= 15 is 0 Å². The van der Waals surface area contributed by atoms with Crippen molar-refractivity contribution in [1.29, 1.82) is 0 Å². The molecule has 2 rings (SSSR count). The summed E-state index contributed by atoms with van der Waals surface area (Å²) < 4.78 is 0.814. The molecule has 1 saturated carbocycles. The maximum atomic E-state index is 12.3. The minimum atomic E-state index is -0.0438. The number of aromatic nitrogens is 1. The molecule has 0 aromatic carbocycles. The summed E-state index contributed by atoms with van der Waals surface area (Å²) in [5.74, 6) is 1.36. The Hall–Kier alpha value is -1.10. The molecule has 1 aromatic heterocycles. The van der Waals surface area contributed by atoms with Gasteiger partial charge in [-0.1, -0.05) is 6.92 Å². The lowest BCUT2D eigenvalue weighted by Crippen LogP contribution is -2.37. The molecule has 0 unspecified atom stereocenters. The molecule has 1 amide bonds. The normalized spacial score (nSPS) is 22.9. The highest BCUT2D eigenvalue weighted by Crippen LogP contribution is 2.24. The SMILES string of the molecule is CNc1ncc(Br)cc1C(=O)NC1CCC(C)CC1. The predicted octanol–water partition coefficient (Wildman–Crippen LogP) is 3.19. The Labute approximate surface area is 122 Å². The molecule has 1 fully saturated rings. The highest BCUT2D eigenvalue weighted by atomic mass is 79.9. The van der Waals surface area contributed by atoms with Crippen LogP contribution in [-0.2, 0) is 0 Å². The van der Waals surface area contributed by atoms with E-state index in [-0.39, 0.29) is 5.91 Å². The number of nitrogens with one attached hydrogen (secondary N) is 2. The number of carbonyl (C=O) groups is 1. The van der Waals surface area contributed by atoms with Crippen LogP contribution in [-0.4, -0.2) is 24.0 Å². The second-order valence-corrected chi connectivity index (χ2v) is 6.15.